The van der Waals surface area contributed by atoms with Crippen LogP contribution in [0.3, 0.4) is 0 Å². The molecule has 0 amide bonds. The van der Waals surface area contributed by atoms with E-state index in [-0.39, 0.29) is 11.3 Å². The zero-order valence-electron chi connectivity index (χ0n) is 21.9. The van der Waals surface area contributed by atoms with Gasteiger partial charge in [-0.2, -0.15) is 5.10 Å². The number of hydrogen-bond donors (Lipinski definition) is 1. The van der Waals surface area contributed by atoms with Crippen molar-refractivity contribution in [2.45, 2.75) is 33.8 Å². The summed E-state index contributed by atoms with van der Waals surface area (Å²) in [6.45, 7) is 7.32. The lowest BCUT2D eigenvalue weighted by Gasteiger charge is -2.19. The van der Waals surface area contributed by atoms with Crippen LogP contribution in [0.5, 0.6) is 5.75 Å². The van der Waals surface area contributed by atoms with Crippen molar-refractivity contribution in [1.82, 2.24) is 29.9 Å². The molecule has 5 heterocycles. The molecule has 0 spiro atoms. The van der Waals surface area contributed by atoms with Gasteiger partial charge in [-0.1, -0.05) is 5.16 Å². The quantitative estimate of drug-likeness (QED) is 0.344. The Kier molecular flexibility index (Phi) is 5.63. The van der Waals surface area contributed by atoms with Crippen LogP contribution >= 0.6 is 0 Å². The van der Waals surface area contributed by atoms with E-state index in [1.807, 2.05) is 52.1 Å². The fraction of sp³-hybridized carbons (Fsp3) is 0.214. The zero-order chi connectivity index (χ0) is 27.4. The standard InChI is InChI=1S/C28H24N6O5/c1-13-10-18(16(4)37-21-9-6-14(2)30-22(21)26-32-28(36)39-33-26)25-19(11-13)23(35)15(3)24(38-25)20-8-7-17-12-29-34(5)27(17)31-20/h6-12,16H,1-5H3,(H,32,33,36)/t16-/m1/s1. The normalized spacial score (nSPS) is 12.3. The van der Waals surface area contributed by atoms with Crippen molar-refractivity contribution in [3.8, 4) is 28.7 Å². The minimum absolute atomic E-state index is 0.145. The number of benzene rings is 1. The van der Waals surface area contributed by atoms with Crippen LogP contribution < -0.4 is 15.9 Å². The smallest absolute Gasteiger partial charge is 0.439 e. The third-order valence-corrected chi connectivity index (χ3v) is 6.61. The molecule has 5 aromatic heterocycles. The Hall–Kier alpha value is -5.06. The van der Waals surface area contributed by atoms with E-state index in [2.05, 4.69) is 24.7 Å². The Balaban J connectivity index is 1.49. The van der Waals surface area contributed by atoms with Crippen LogP contribution in [0.2, 0.25) is 0 Å². The first-order chi connectivity index (χ1) is 18.7. The van der Waals surface area contributed by atoms with E-state index in [1.54, 1.807) is 29.9 Å². The number of aromatic nitrogens is 6. The van der Waals surface area contributed by atoms with Gasteiger partial charge in [-0.25, -0.2) is 14.8 Å². The summed E-state index contributed by atoms with van der Waals surface area (Å²) < 4.78 is 19.1. The fourth-order valence-electron chi connectivity index (χ4n) is 4.66. The van der Waals surface area contributed by atoms with Gasteiger partial charge in [-0.05, 0) is 69.7 Å². The summed E-state index contributed by atoms with van der Waals surface area (Å²) in [6.07, 6.45) is 1.17. The molecule has 6 aromatic rings. The minimum atomic E-state index is -0.695. The Morgan fingerprint density at radius 1 is 1.05 bits per heavy atom. The molecule has 0 unspecified atom stereocenters. The number of hydrogen-bond acceptors (Lipinski definition) is 9. The average Bonchev–Trinajstić information content (AvgIpc) is 3.52. The van der Waals surface area contributed by atoms with Crippen LogP contribution in [0.25, 0.3) is 45.0 Å². The van der Waals surface area contributed by atoms with Crippen LogP contribution in [-0.2, 0) is 7.05 Å². The van der Waals surface area contributed by atoms with Crippen molar-refractivity contribution in [2.24, 2.45) is 7.05 Å². The minimum Gasteiger partial charge on any atom is -0.483 e. The van der Waals surface area contributed by atoms with Gasteiger partial charge in [0.25, 0.3) is 0 Å². The number of fused-ring (bicyclic) bond motifs is 2. The van der Waals surface area contributed by atoms with E-state index in [9.17, 15) is 9.59 Å². The summed E-state index contributed by atoms with van der Waals surface area (Å²) in [5.41, 5.74) is 4.52. The van der Waals surface area contributed by atoms with Crippen LogP contribution in [-0.4, -0.2) is 29.9 Å². The second-order valence-corrected chi connectivity index (χ2v) is 9.50. The molecular formula is C28H24N6O5. The molecule has 6 rings (SSSR count). The van der Waals surface area contributed by atoms with Gasteiger partial charge in [0.1, 0.15) is 23.1 Å². The molecule has 196 valence electrons. The number of aryl methyl sites for hydroxylation is 3. The number of H-pyrrole nitrogens is 1. The molecule has 0 fully saturated rings. The Bertz CT molecular complexity index is 2020. The maximum atomic E-state index is 13.6. The molecule has 0 saturated carbocycles. The number of ether oxygens (including phenoxy) is 1. The predicted octanol–water partition coefficient (Wildman–Crippen LogP) is 4.55. The molecule has 1 atom stereocenters. The summed E-state index contributed by atoms with van der Waals surface area (Å²) in [5, 5.41) is 9.35. The lowest BCUT2D eigenvalue weighted by Crippen LogP contribution is -2.12. The third kappa shape index (κ3) is 4.17. The maximum Gasteiger partial charge on any atom is 0.439 e. The number of nitrogens with one attached hydrogen (secondary N) is 1. The van der Waals surface area contributed by atoms with Crippen molar-refractivity contribution in [2.75, 3.05) is 0 Å². The van der Waals surface area contributed by atoms with Crippen LogP contribution in [0.1, 0.15) is 35.4 Å². The monoisotopic (exact) mass is 524 g/mol. The summed E-state index contributed by atoms with van der Waals surface area (Å²) >= 11 is 0. The Morgan fingerprint density at radius 3 is 2.64 bits per heavy atom. The second kappa shape index (κ2) is 9.05. The molecule has 1 aromatic carbocycles. The number of pyridine rings is 2. The molecule has 0 aliphatic heterocycles. The van der Waals surface area contributed by atoms with Gasteiger partial charge in [-0.15, -0.1) is 0 Å². The molecule has 11 heteroatoms. The second-order valence-electron chi connectivity index (χ2n) is 9.50. The molecular weight excluding hydrogens is 500 g/mol. The Morgan fingerprint density at radius 2 is 1.87 bits per heavy atom. The molecule has 0 radical (unpaired) electrons. The average molecular weight is 525 g/mol. The first kappa shape index (κ1) is 24.3. The van der Waals surface area contributed by atoms with Crippen molar-refractivity contribution < 1.29 is 13.7 Å². The van der Waals surface area contributed by atoms with Gasteiger partial charge >= 0.3 is 5.76 Å². The van der Waals surface area contributed by atoms with Gasteiger partial charge < -0.3 is 9.15 Å². The Labute approximate surface area is 221 Å². The largest absolute Gasteiger partial charge is 0.483 e. The SMILES string of the molecule is Cc1cc([C@@H](C)Oc2ccc(C)nc2-c2noc(=O)[nH]2)c2oc(-c3ccc4cnn(C)c4n3)c(C)c(=O)c2c1. The summed E-state index contributed by atoms with van der Waals surface area (Å²) in [6, 6.07) is 11.0. The molecule has 39 heavy (non-hydrogen) atoms. The lowest BCUT2D eigenvalue weighted by molar-refractivity contribution is 0.227. The summed E-state index contributed by atoms with van der Waals surface area (Å²) in [4.78, 5) is 36.8. The molecule has 0 aliphatic rings. The lowest BCUT2D eigenvalue weighted by atomic mass is 10.0. The number of rotatable bonds is 5. The molecule has 0 bridgehead atoms. The summed E-state index contributed by atoms with van der Waals surface area (Å²) in [7, 11) is 1.81. The predicted molar refractivity (Wildman–Crippen MR) is 144 cm³/mol. The van der Waals surface area contributed by atoms with E-state index in [4.69, 9.17) is 14.1 Å². The van der Waals surface area contributed by atoms with Crippen molar-refractivity contribution in [3.63, 3.8) is 0 Å². The molecule has 11 nitrogen and oxygen atoms in total. The first-order valence-electron chi connectivity index (χ1n) is 12.3. The summed E-state index contributed by atoms with van der Waals surface area (Å²) in [5.74, 6) is 0.219. The topological polar surface area (TPSA) is 142 Å². The van der Waals surface area contributed by atoms with Gasteiger partial charge in [-0.3, -0.25) is 19.0 Å². The van der Waals surface area contributed by atoms with E-state index in [0.29, 0.717) is 56.3 Å². The van der Waals surface area contributed by atoms with Gasteiger partial charge in [0.2, 0.25) is 5.82 Å². The highest BCUT2D eigenvalue weighted by atomic mass is 16.5. The molecule has 0 saturated heterocycles. The van der Waals surface area contributed by atoms with Gasteiger partial charge in [0, 0.05) is 29.3 Å². The highest BCUT2D eigenvalue weighted by Gasteiger charge is 2.23. The van der Waals surface area contributed by atoms with Crippen molar-refractivity contribution >= 4 is 22.0 Å². The maximum absolute atomic E-state index is 13.6. The number of nitrogens with zero attached hydrogens (tertiary/aromatic N) is 5. The van der Waals surface area contributed by atoms with E-state index in [1.165, 1.54) is 0 Å². The van der Waals surface area contributed by atoms with Crippen LogP contribution in [0.4, 0.5) is 0 Å². The third-order valence-electron chi connectivity index (χ3n) is 6.61. The highest BCUT2D eigenvalue weighted by molar-refractivity contribution is 5.85. The molecule has 0 aliphatic carbocycles. The van der Waals surface area contributed by atoms with Crippen LogP contribution in [0, 0.1) is 20.8 Å². The fourth-order valence-corrected chi connectivity index (χ4v) is 4.66. The van der Waals surface area contributed by atoms with Gasteiger partial charge in [0.15, 0.2) is 22.5 Å². The zero-order valence-corrected chi connectivity index (χ0v) is 21.9. The van der Waals surface area contributed by atoms with Crippen molar-refractivity contribution in [3.05, 3.63) is 85.8 Å². The van der Waals surface area contributed by atoms with E-state index < -0.39 is 11.9 Å². The highest BCUT2D eigenvalue weighted by Crippen LogP contribution is 2.35. The van der Waals surface area contributed by atoms with Gasteiger partial charge in [0.05, 0.1) is 11.6 Å². The number of aromatic amines is 1. The van der Waals surface area contributed by atoms with E-state index >= 15 is 0 Å². The molecule has 1 N–H and O–H groups in total. The first-order valence-corrected chi connectivity index (χ1v) is 12.3. The van der Waals surface area contributed by atoms with E-state index in [0.717, 1.165) is 10.9 Å². The van der Waals surface area contributed by atoms with Crippen LogP contribution in [0.15, 0.2) is 61.1 Å². The van der Waals surface area contributed by atoms with Crippen molar-refractivity contribution in [1.29, 1.82) is 0 Å².